The van der Waals surface area contributed by atoms with E-state index >= 15 is 0 Å². The number of amides is 2. The van der Waals surface area contributed by atoms with Crippen molar-refractivity contribution in [1.82, 2.24) is 5.32 Å². The average molecular weight is 342 g/mol. The molecule has 0 aromatic heterocycles. The maximum atomic E-state index is 12.8. The SMILES string of the molecule is CN(C(=O)CCCC(=O)NCCc1ccc(F)cc1)c1ccccc1. The van der Waals surface area contributed by atoms with E-state index in [1.54, 1.807) is 24.1 Å². The van der Waals surface area contributed by atoms with Gasteiger partial charge in [-0.05, 0) is 42.7 Å². The first-order chi connectivity index (χ1) is 12.1. The lowest BCUT2D eigenvalue weighted by Gasteiger charge is -2.17. The van der Waals surface area contributed by atoms with Crippen molar-refractivity contribution in [3.05, 3.63) is 66.0 Å². The Morgan fingerprint density at radius 1 is 1.00 bits per heavy atom. The molecule has 2 rings (SSSR count). The lowest BCUT2D eigenvalue weighted by Crippen LogP contribution is -2.28. The second-order valence-electron chi connectivity index (χ2n) is 5.87. The number of carbonyl (C=O) groups is 2. The molecule has 0 atom stereocenters. The summed E-state index contributed by atoms with van der Waals surface area (Å²) in [6.07, 6.45) is 1.81. The molecule has 0 fully saturated rings. The Hall–Kier alpha value is -2.69. The highest BCUT2D eigenvalue weighted by molar-refractivity contribution is 5.92. The fourth-order valence-electron chi connectivity index (χ4n) is 2.45. The first kappa shape index (κ1) is 18.6. The molecule has 0 aliphatic rings. The van der Waals surface area contributed by atoms with Crippen LogP contribution in [0.3, 0.4) is 0 Å². The molecule has 0 radical (unpaired) electrons. The zero-order chi connectivity index (χ0) is 18.1. The number of rotatable bonds is 8. The van der Waals surface area contributed by atoms with E-state index in [9.17, 15) is 14.0 Å². The maximum Gasteiger partial charge on any atom is 0.226 e. The largest absolute Gasteiger partial charge is 0.356 e. The average Bonchev–Trinajstić information content (AvgIpc) is 2.63. The van der Waals surface area contributed by atoms with Crippen LogP contribution in [0.25, 0.3) is 0 Å². The van der Waals surface area contributed by atoms with E-state index in [1.165, 1.54) is 12.1 Å². The predicted octanol–water partition coefficient (Wildman–Crippen LogP) is 3.32. The van der Waals surface area contributed by atoms with Gasteiger partial charge in [0.15, 0.2) is 0 Å². The summed E-state index contributed by atoms with van der Waals surface area (Å²) in [5.41, 5.74) is 1.82. The molecule has 2 amide bonds. The van der Waals surface area contributed by atoms with E-state index in [-0.39, 0.29) is 17.6 Å². The summed E-state index contributed by atoms with van der Waals surface area (Å²) in [5, 5.41) is 2.82. The van der Waals surface area contributed by atoms with Crippen LogP contribution < -0.4 is 10.2 Å². The number of nitrogens with one attached hydrogen (secondary N) is 1. The van der Waals surface area contributed by atoms with Gasteiger partial charge in [-0.15, -0.1) is 0 Å². The summed E-state index contributed by atoms with van der Waals surface area (Å²) >= 11 is 0. The van der Waals surface area contributed by atoms with Gasteiger partial charge in [0.1, 0.15) is 5.82 Å². The van der Waals surface area contributed by atoms with Crippen LogP contribution in [0.4, 0.5) is 10.1 Å². The van der Waals surface area contributed by atoms with Crippen molar-refractivity contribution in [2.45, 2.75) is 25.7 Å². The number of para-hydroxylation sites is 1. The first-order valence-electron chi connectivity index (χ1n) is 8.39. The van der Waals surface area contributed by atoms with Gasteiger partial charge in [-0.25, -0.2) is 4.39 Å². The standard InChI is InChI=1S/C20H23FN2O2/c1-23(18-6-3-2-4-7-18)20(25)9-5-8-19(24)22-15-14-16-10-12-17(21)13-11-16/h2-4,6-7,10-13H,5,8-9,14-15H2,1H3,(H,22,24). The second kappa shape index (κ2) is 9.57. The van der Waals surface area contributed by atoms with Gasteiger partial charge in [0, 0.05) is 32.1 Å². The van der Waals surface area contributed by atoms with Crippen molar-refractivity contribution in [3.63, 3.8) is 0 Å². The Morgan fingerprint density at radius 2 is 1.68 bits per heavy atom. The molecule has 0 aliphatic heterocycles. The molecule has 0 aliphatic carbocycles. The fraction of sp³-hybridized carbons (Fsp3) is 0.300. The molecule has 4 nitrogen and oxygen atoms in total. The van der Waals surface area contributed by atoms with Crippen LogP contribution in [0.1, 0.15) is 24.8 Å². The highest BCUT2D eigenvalue weighted by Gasteiger charge is 2.11. The molecular weight excluding hydrogens is 319 g/mol. The summed E-state index contributed by atoms with van der Waals surface area (Å²) in [6.45, 7) is 0.502. The van der Waals surface area contributed by atoms with Gasteiger partial charge in [0.25, 0.3) is 0 Å². The number of hydrogen-bond donors (Lipinski definition) is 1. The third-order valence-corrected chi connectivity index (χ3v) is 3.96. The summed E-state index contributed by atoms with van der Waals surface area (Å²) < 4.78 is 12.8. The van der Waals surface area contributed by atoms with E-state index < -0.39 is 0 Å². The molecular formula is C20H23FN2O2. The Labute approximate surface area is 147 Å². The van der Waals surface area contributed by atoms with Gasteiger partial charge in [-0.1, -0.05) is 30.3 Å². The van der Waals surface area contributed by atoms with Crippen LogP contribution in [0, 0.1) is 5.82 Å². The summed E-state index contributed by atoms with van der Waals surface area (Å²) in [4.78, 5) is 25.5. The van der Waals surface area contributed by atoms with Crippen molar-refractivity contribution in [2.24, 2.45) is 0 Å². The Kier molecular flexibility index (Phi) is 7.14. The molecule has 5 heteroatoms. The van der Waals surface area contributed by atoms with Crippen LogP contribution in [0.15, 0.2) is 54.6 Å². The molecule has 0 spiro atoms. The van der Waals surface area contributed by atoms with E-state index in [1.807, 2.05) is 30.3 Å². The van der Waals surface area contributed by atoms with Gasteiger partial charge in [-0.2, -0.15) is 0 Å². The minimum absolute atomic E-state index is 0.00897. The van der Waals surface area contributed by atoms with Gasteiger partial charge in [0.05, 0.1) is 0 Å². The molecule has 0 heterocycles. The van der Waals surface area contributed by atoms with Crippen LogP contribution in [0.2, 0.25) is 0 Å². The number of hydrogen-bond acceptors (Lipinski definition) is 2. The highest BCUT2D eigenvalue weighted by atomic mass is 19.1. The zero-order valence-electron chi connectivity index (χ0n) is 14.4. The number of anilines is 1. The van der Waals surface area contributed by atoms with Crippen molar-refractivity contribution < 1.29 is 14.0 Å². The molecule has 0 unspecified atom stereocenters. The molecule has 0 bridgehead atoms. The highest BCUT2D eigenvalue weighted by Crippen LogP contribution is 2.13. The van der Waals surface area contributed by atoms with Gasteiger partial charge in [-0.3, -0.25) is 9.59 Å². The minimum atomic E-state index is -0.266. The van der Waals surface area contributed by atoms with Crippen molar-refractivity contribution in [2.75, 3.05) is 18.5 Å². The Balaban J connectivity index is 1.63. The minimum Gasteiger partial charge on any atom is -0.356 e. The van der Waals surface area contributed by atoms with E-state index in [4.69, 9.17) is 0 Å². The van der Waals surface area contributed by atoms with Gasteiger partial charge >= 0.3 is 0 Å². The molecule has 2 aromatic rings. The smallest absolute Gasteiger partial charge is 0.226 e. The number of halogens is 1. The van der Waals surface area contributed by atoms with Crippen LogP contribution in [0.5, 0.6) is 0 Å². The van der Waals surface area contributed by atoms with E-state index in [2.05, 4.69) is 5.32 Å². The number of benzene rings is 2. The van der Waals surface area contributed by atoms with Crippen LogP contribution >= 0.6 is 0 Å². The quantitative estimate of drug-likeness (QED) is 0.800. The molecule has 0 saturated heterocycles. The van der Waals surface area contributed by atoms with Crippen LogP contribution in [-0.4, -0.2) is 25.4 Å². The van der Waals surface area contributed by atoms with E-state index in [0.29, 0.717) is 32.2 Å². The van der Waals surface area contributed by atoms with Crippen LogP contribution in [-0.2, 0) is 16.0 Å². The topological polar surface area (TPSA) is 49.4 Å². The molecule has 0 saturated carbocycles. The summed E-state index contributed by atoms with van der Waals surface area (Å²) in [7, 11) is 1.74. The third-order valence-electron chi connectivity index (χ3n) is 3.96. The molecule has 132 valence electrons. The fourth-order valence-corrected chi connectivity index (χ4v) is 2.45. The number of carbonyl (C=O) groups excluding carboxylic acids is 2. The zero-order valence-corrected chi connectivity index (χ0v) is 14.4. The van der Waals surface area contributed by atoms with Crippen molar-refractivity contribution >= 4 is 17.5 Å². The normalized spacial score (nSPS) is 10.3. The second-order valence-corrected chi connectivity index (χ2v) is 5.87. The lowest BCUT2D eigenvalue weighted by molar-refractivity contribution is -0.121. The monoisotopic (exact) mass is 342 g/mol. The number of nitrogens with zero attached hydrogens (tertiary/aromatic N) is 1. The summed E-state index contributed by atoms with van der Waals surface area (Å²) in [6, 6.07) is 15.6. The van der Waals surface area contributed by atoms with Gasteiger partial charge < -0.3 is 10.2 Å². The molecule has 2 aromatic carbocycles. The molecule has 1 N–H and O–H groups in total. The van der Waals surface area contributed by atoms with E-state index in [0.717, 1.165) is 11.3 Å². The molecule has 25 heavy (non-hydrogen) atoms. The van der Waals surface area contributed by atoms with Gasteiger partial charge in [0.2, 0.25) is 11.8 Å². The summed E-state index contributed by atoms with van der Waals surface area (Å²) in [5.74, 6) is -0.347. The Morgan fingerprint density at radius 3 is 2.36 bits per heavy atom. The first-order valence-corrected chi connectivity index (χ1v) is 8.39. The van der Waals surface area contributed by atoms with Crippen molar-refractivity contribution in [1.29, 1.82) is 0 Å². The Bertz CT molecular complexity index is 687. The lowest BCUT2D eigenvalue weighted by atomic mass is 10.1. The maximum absolute atomic E-state index is 12.8. The van der Waals surface area contributed by atoms with Crippen molar-refractivity contribution in [3.8, 4) is 0 Å². The third kappa shape index (κ3) is 6.37. The predicted molar refractivity (Wildman–Crippen MR) is 96.8 cm³/mol.